The topological polar surface area (TPSA) is 44.8 Å². The van der Waals surface area contributed by atoms with Gasteiger partial charge in [-0.2, -0.15) is 0 Å². The molecule has 4 nitrogen and oxygen atoms in total. The highest BCUT2D eigenvalue weighted by atomic mass is 19.1. The molecule has 0 spiro atoms. The van der Waals surface area contributed by atoms with Gasteiger partial charge in [0.2, 0.25) is 0 Å². The largest absolute Gasteiger partial charge is 0.513 e. The molecule has 0 atom stereocenters. The average Bonchev–Trinajstić information content (AvgIpc) is 3.45. The van der Waals surface area contributed by atoms with Gasteiger partial charge in [-0.1, -0.05) is 25.1 Å². The van der Waals surface area contributed by atoms with Crippen molar-refractivity contribution in [2.45, 2.75) is 38.7 Å². The molecule has 2 aromatic carbocycles. The predicted octanol–water partition coefficient (Wildman–Crippen LogP) is 4.99. The molecule has 0 aromatic heterocycles. The second-order valence-corrected chi connectivity index (χ2v) is 6.05. The van der Waals surface area contributed by atoms with Gasteiger partial charge in [0.1, 0.15) is 23.9 Å². The molecule has 0 heterocycles. The van der Waals surface area contributed by atoms with E-state index in [1.165, 1.54) is 13.2 Å². The van der Waals surface area contributed by atoms with E-state index in [0.717, 1.165) is 24.0 Å². The lowest BCUT2D eigenvalue weighted by Gasteiger charge is -2.15. The number of carbonyl (C=O) groups is 1. The van der Waals surface area contributed by atoms with Crippen LogP contribution >= 0.6 is 0 Å². The molecule has 3 rings (SSSR count). The maximum absolute atomic E-state index is 13.9. The van der Waals surface area contributed by atoms with Gasteiger partial charge in [-0.25, -0.2) is 9.18 Å². The van der Waals surface area contributed by atoms with E-state index in [1.54, 1.807) is 18.2 Å². The molecule has 0 saturated heterocycles. The fourth-order valence-corrected chi connectivity index (χ4v) is 2.80. The molecule has 25 heavy (non-hydrogen) atoms. The molecule has 0 radical (unpaired) electrons. The van der Waals surface area contributed by atoms with Crippen molar-refractivity contribution in [3.63, 3.8) is 0 Å². The van der Waals surface area contributed by atoms with Gasteiger partial charge in [0.05, 0.1) is 7.11 Å². The molecule has 132 valence electrons. The first-order chi connectivity index (χ1) is 12.1. The average molecular weight is 344 g/mol. The Labute approximate surface area is 146 Å². The Morgan fingerprint density at radius 3 is 2.68 bits per heavy atom. The zero-order chi connectivity index (χ0) is 17.8. The quantitative estimate of drug-likeness (QED) is 0.547. The molecule has 0 aliphatic heterocycles. The molecule has 1 saturated carbocycles. The normalized spacial score (nSPS) is 13.4. The first kappa shape index (κ1) is 17.3. The highest BCUT2D eigenvalue weighted by Crippen LogP contribution is 2.44. The Morgan fingerprint density at radius 1 is 1.24 bits per heavy atom. The Morgan fingerprint density at radius 2 is 2.04 bits per heavy atom. The van der Waals surface area contributed by atoms with E-state index in [4.69, 9.17) is 9.47 Å². The van der Waals surface area contributed by atoms with Crippen molar-refractivity contribution in [2.24, 2.45) is 0 Å². The van der Waals surface area contributed by atoms with Crippen LogP contribution in [0.1, 0.15) is 42.4 Å². The minimum atomic E-state index is -0.771. The minimum Gasteiger partial charge on any atom is -0.489 e. The lowest BCUT2D eigenvalue weighted by molar-refractivity contribution is 0.120. The summed E-state index contributed by atoms with van der Waals surface area (Å²) in [6.07, 6.45) is 2.07. The molecule has 2 aromatic rings. The van der Waals surface area contributed by atoms with Gasteiger partial charge < -0.3 is 14.2 Å². The molecule has 5 heteroatoms. The van der Waals surface area contributed by atoms with Crippen molar-refractivity contribution in [1.29, 1.82) is 0 Å². The second-order valence-electron chi connectivity index (χ2n) is 6.05. The number of rotatable bonds is 6. The van der Waals surface area contributed by atoms with Gasteiger partial charge in [0.25, 0.3) is 0 Å². The van der Waals surface area contributed by atoms with Crippen LogP contribution in [0.2, 0.25) is 0 Å². The van der Waals surface area contributed by atoms with Crippen LogP contribution in [0, 0.1) is 5.82 Å². The van der Waals surface area contributed by atoms with Crippen molar-refractivity contribution in [3.8, 4) is 11.5 Å². The number of halogens is 1. The van der Waals surface area contributed by atoms with Crippen molar-refractivity contribution >= 4 is 6.16 Å². The van der Waals surface area contributed by atoms with Crippen molar-refractivity contribution < 1.29 is 23.4 Å². The standard InChI is InChI=1S/C20H21FO4/c1-3-13-9-10-15(11-18(13)21)24-12-17-16(14-7-8-14)5-4-6-19(17)25-20(22)23-2/h4-6,9-11,14H,3,7-8,12H2,1-2H3. The summed E-state index contributed by atoms with van der Waals surface area (Å²) in [7, 11) is 1.27. The zero-order valence-electron chi connectivity index (χ0n) is 14.4. The summed E-state index contributed by atoms with van der Waals surface area (Å²) >= 11 is 0. The fraction of sp³-hybridized carbons (Fsp3) is 0.350. The Hall–Kier alpha value is -2.56. The number of benzene rings is 2. The third-order valence-electron chi connectivity index (χ3n) is 4.34. The smallest absolute Gasteiger partial charge is 0.489 e. The van der Waals surface area contributed by atoms with E-state index in [2.05, 4.69) is 4.74 Å². The van der Waals surface area contributed by atoms with Gasteiger partial charge in [-0.05, 0) is 48.4 Å². The Kier molecular flexibility index (Phi) is 5.22. The summed E-state index contributed by atoms with van der Waals surface area (Å²) in [5.74, 6) is 1.05. The predicted molar refractivity (Wildman–Crippen MR) is 91.6 cm³/mol. The minimum absolute atomic E-state index is 0.198. The monoisotopic (exact) mass is 344 g/mol. The van der Waals surface area contributed by atoms with E-state index in [9.17, 15) is 9.18 Å². The van der Waals surface area contributed by atoms with Crippen LogP contribution in [0.3, 0.4) is 0 Å². The van der Waals surface area contributed by atoms with E-state index in [-0.39, 0.29) is 12.4 Å². The van der Waals surface area contributed by atoms with Crippen LogP contribution < -0.4 is 9.47 Å². The number of carbonyl (C=O) groups excluding carboxylic acids is 1. The molecule has 0 N–H and O–H groups in total. The van der Waals surface area contributed by atoms with Gasteiger partial charge >= 0.3 is 6.16 Å². The van der Waals surface area contributed by atoms with Crippen molar-refractivity contribution in [1.82, 2.24) is 0 Å². The summed E-state index contributed by atoms with van der Waals surface area (Å²) in [5, 5.41) is 0. The molecule has 1 fully saturated rings. The number of ether oxygens (including phenoxy) is 3. The van der Waals surface area contributed by atoms with E-state index in [0.29, 0.717) is 29.4 Å². The maximum Gasteiger partial charge on any atom is 0.513 e. The van der Waals surface area contributed by atoms with Crippen LogP contribution in [0.15, 0.2) is 36.4 Å². The lowest BCUT2D eigenvalue weighted by Crippen LogP contribution is -2.11. The van der Waals surface area contributed by atoms with Crippen LogP contribution in [0.4, 0.5) is 9.18 Å². The van der Waals surface area contributed by atoms with Gasteiger partial charge in [-0.3, -0.25) is 0 Å². The molecule has 0 unspecified atom stereocenters. The van der Waals surface area contributed by atoms with Crippen LogP contribution in [0.25, 0.3) is 0 Å². The Bertz CT molecular complexity index is 768. The molecule has 1 aliphatic carbocycles. The summed E-state index contributed by atoms with van der Waals surface area (Å²) in [6, 6.07) is 10.4. The summed E-state index contributed by atoms with van der Waals surface area (Å²) in [4.78, 5) is 11.5. The molecular formula is C20H21FO4. The zero-order valence-corrected chi connectivity index (χ0v) is 14.4. The fourth-order valence-electron chi connectivity index (χ4n) is 2.80. The SMILES string of the molecule is CCc1ccc(OCc2c(OC(=O)OC)cccc2C2CC2)cc1F. The highest BCUT2D eigenvalue weighted by molar-refractivity contribution is 5.65. The van der Waals surface area contributed by atoms with E-state index < -0.39 is 6.16 Å². The summed E-state index contributed by atoms with van der Waals surface area (Å²) in [6.45, 7) is 2.10. The number of hydrogen-bond donors (Lipinski definition) is 0. The molecule has 1 aliphatic rings. The molecule has 0 bridgehead atoms. The van der Waals surface area contributed by atoms with Gasteiger partial charge in [0, 0.05) is 11.6 Å². The number of methoxy groups -OCH3 is 1. The Balaban J connectivity index is 1.82. The van der Waals surface area contributed by atoms with Crippen LogP contribution in [-0.4, -0.2) is 13.3 Å². The third-order valence-corrected chi connectivity index (χ3v) is 4.34. The van der Waals surface area contributed by atoms with E-state index >= 15 is 0 Å². The van der Waals surface area contributed by atoms with E-state index in [1.807, 2.05) is 19.1 Å². The number of hydrogen-bond acceptors (Lipinski definition) is 4. The van der Waals surface area contributed by atoms with Crippen molar-refractivity contribution in [2.75, 3.05) is 7.11 Å². The molecular weight excluding hydrogens is 323 g/mol. The second kappa shape index (κ2) is 7.55. The van der Waals surface area contributed by atoms with Gasteiger partial charge in [-0.15, -0.1) is 0 Å². The first-order valence-electron chi connectivity index (χ1n) is 8.41. The van der Waals surface area contributed by atoms with Gasteiger partial charge in [0.15, 0.2) is 0 Å². The van der Waals surface area contributed by atoms with Crippen LogP contribution in [-0.2, 0) is 17.8 Å². The number of aryl methyl sites for hydroxylation is 1. The summed E-state index contributed by atoms with van der Waals surface area (Å²) < 4.78 is 29.5. The van der Waals surface area contributed by atoms with Crippen LogP contribution in [0.5, 0.6) is 11.5 Å². The highest BCUT2D eigenvalue weighted by Gasteiger charge is 2.28. The maximum atomic E-state index is 13.9. The molecule has 0 amide bonds. The lowest BCUT2D eigenvalue weighted by atomic mass is 10.0. The summed E-state index contributed by atoms with van der Waals surface area (Å²) in [5.41, 5.74) is 2.56. The first-order valence-corrected chi connectivity index (χ1v) is 8.41. The third kappa shape index (κ3) is 4.10. The van der Waals surface area contributed by atoms with Crippen molar-refractivity contribution in [3.05, 3.63) is 58.9 Å².